The minimum Gasteiger partial charge on any atom is -0.496 e. The zero-order chi connectivity index (χ0) is 14.0. The lowest BCUT2D eigenvalue weighted by Crippen LogP contribution is -2.14. The number of hydrogen-bond donors (Lipinski definition) is 1. The Morgan fingerprint density at radius 1 is 1.47 bits per heavy atom. The Labute approximate surface area is 122 Å². The molecule has 0 aromatic carbocycles. The number of halogens is 1. The van der Waals surface area contributed by atoms with E-state index < -0.39 is 0 Å². The van der Waals surface area contributed by atoms with Gasteiger partial charge in [0.15, 0.2) is 0 Å². The first-order valence-electron chi connectivity index (χ1n) is 6.02. The number of methoxy groups -OCH3 is 1. The first-order valence-corrected chi connectivity index (χ1v) is 7.28. The van der Waals surface area contributed by atoms with E-state index in [4.69, 9.17) is 22.1 Å². The molecule has 2 heterocycles. The van der Waals surface area contributed by atoms with E-state index in [1.165, 1.54) is 0 Å². The molecule has 2 rings (SSSR count). The average Bonchev–Trinajstić information content (AvgIpc) is 2.80. The highest BCUT2D eigenvalue weighted by Gasteiger charge is 2.16. The van der Waals surface area contributed by atoms with Crippen molar-refractivity contribution in [3.8, 4) is 5.75 Å². The molecule has 0 saturated carbocycles. The predicted molar refractivity (Wildman–Crippen MR) is 80.2 cm³/mol. The second-order valence-electron chi connectivity index (χ2n) is 4.49. The number of nitrogens with zero attached hydrogens (tertiary/aromatic N) is 1. The van der Waals surface area contributed by atoms with Crippen molar-refractivity contribution in [1.29, 1.82) is 0 Å². The zero-order valence-electron chi connectivity index (χ0n) is 11.2. The predicted octanol–water partition coefficient (Wildman–Crippen LogP) is 3.66. The van der Waals surface area contributed by atoms with Gasteiger partial charge in [-0.3, -0.25) is 4.98 Å². The summed E-state index contributed by atoms with van der Waals surface area (Å²) < 4.78 is 5.41. The fourth-order valence-corrected chi connectivity index (χ4v) is 3.35. The number of aromatic nitrogens is 1. The highest BCUT2D eigenvalue weighted by atomic mass is 35.5. The van der Waals surface area contributed by atoms with Crippen LogP contribution < -0.4 is 10.5 Å². The van der Waals surface area contributed by atoms with E-state index in [9.17, 15) is 0 Å². The average molecular weight is 297 g/mol. The standard InChI is InChI=1S/C14H17ClN2OS/c1-8-7-17-12(9(2)13(8)18-3)6-11(16)14-10(15)4-5-19-14/h4-5,7,11H,6,16H2,1-3H3. The van der Waals surface area contributed by atoms with Gasteiger partial charge in [0, 0.05) is 40.4 Å². The van der Waals surface area contributed by atoms with Gasteiger partial charge in [-0.2, -0.15) is 0 Å². The van der Waals surface area contributed by atoms with Crippen LogP contribution in [0.15, 0.2) is 17.6 Å². The molecule has 2 N–H and O–H groups in total. The van der Waals surface area contributed by atoms with Crippen molar-refractivity contribution in [3.05, 3.63) is 44.4 Å². The van der Waals surface area contributed by atoms with Crippen molar-refractivity contribution >= 4 is 22.9 Å². The minimum absolute atomic E-state index is 0.133. The molecular weight excluding hydrogens is 280 g/mol. The molecule has 3 nitrogen and oxygen atoms in total. The SMILES string of the molecule is COc1c(C)cnc(CC(N)c2sccc2Cl)c1C. The third kappa shape index (κ3) is 2.91. The Morgan fingerprint density at radius 2 is 2.21 bits per heavy atom. The third-order valence-corrected chi connectivity index (χ3v) is 4.63. The Hall–Kier alpha value is -1.10. The molecule has 0 saturated heterocycles. The van der Waals surface area contributed by atoms with Crippen molar-refractivity contribution < 1.29 is 4.74 Å². The molecule has 102 valence electrons. The van der Waals surface area contributed by atoms with E-state index in [-0.39, 0.29) is 6.04 Å². The first kappa shape index (κ1) is 14.3. The molecule has 0 aliphatic heterocycles. The Kier molecular flexibility index (Phi) is 4.45. The summed E-state index contributed by atoms with van der Waals surface area (Å²) in [6, 6.07) is 1.74. The van der Waals surface area contributed by atoms with Gasteiger partial charge in [0.1, 0.15) is 5.75 Å². The number of nitrogens with two attached hydrogens (primary N) is 1. The molecule has 0 bridgehead atoms. The molecule has 0 aliphatic carbocycles. The Bertz CT molecular complexity index is 583. The van der Waals surface area contributed by atoms with E-state index >= 15 is 0 Å². The Morgan fingerprint density at radius 3 is 2.79 bits per heavy atom. The molecule has 19 heavy (non-hydrogen) atoms. The second-order valence-corrected chi connectivity index (χ2v) is 5.84. The van der Waals surface area contributed by atoms with Crippen molar-refractivity contribution in [2.75, 3.05) is 7.11 Å². The molecular formula is C14H17ClN2OS. The maximum Gasteiger partial charge on any atom is 0.128 e. The van der Waals surface area contributed by atoms with Crippen LogP contribution in [0.4, 0.5) is 0 Å². The van der Waals surface area contributed by atoms with E-state index in [1.807, 2.05) is 31.5 Å². The number of aryl methyl sites for hydroxylation is 1. The van der Waals surface area contributed by atoms with E-state index in [1.54, 1.807) is 18.4 Å². The topological polar surface area (TPSA) is 48.1 Å². The smallest absolute Gasteiger partial charge is 0.128 e. The van der Waals surface area contributed by atoms with Crippen LogP contribution in [0.25, 0.3) is 0 Å². The quantitative estimate of drug-likeness (QED) is 0.936. The van der Waals surface area contributed by atoms with Crippen LogP contribution in [0.5, 0.6) is 5.75 Å². The fourth-order valence-electron chi connectivity index (χ4n) is 2.15. The third-order valence-electron chi connectivity index (χ3n) is 3.14. The van der Waals surface area contributed by atoms with Gasteiger partial charge in [0.05, 0.1) is 12.1 Å². The zero-order valence-corrected chi connectivity index (χ0v) is 12.8. The fraction of sp³-hybridized carbons (Fsp3) is 0.357. The normalized spacial score (nSPS) is 12.5. The summed E-state index contributed by atoms with van der Waals surface area (Å²) in [6.07, 6.45) is 2.48. The molecule has 5 heteroatoms. The summed E-state index contributed by atoms with van der Waals surface area (Å²) in [6.45, 7) is 4.00. The van der Waals surface area contributed by atoms with Gasteiger partial charge in [-0.1, -0.05) is 11.6 Å². The summed E-state index contributed by atoms with van der Waals surface area (Å²) >= 11 is 7.69. The summed E-state index contributed by atoms with van der Waals surface area (Å²) in [5, 5.41) is 2.68. The molecule has 0 fully saturated rings. The Balaban J connectivity index is 2.27. The van der Waals surface area contributed by atoms with Crippen molar-refractivity contribution in [2.45, 2.75) is 26.3 Å². The highest BCUT2D eigenvalue weighted by molar-refractivity contribution is 7.10. The number of ether oxygens (including phenoxy) is 1. The second kappa shape index (κ2) is 5.90. The van der Waals surface area contributed by atoms with Crippen LogP contribution in [0, 0.1) is 13.8 Å². The molecule has 2 aromatic heterocycles. The molecule has 0 spiro atoms. The lowest BCUT2D eigenvalue weighted by Gasteiger charge is -2.15. The van der Waals surface area contributed by atoms with Crippen LogP contribution in [0.3, 0.4) is 0 Å². The van der Waals surface area contributed by atoms with Crippen molar-refractivity contribution in [2.24, 2.45) is 5.73 Å². The van der Waals surface area contributed by atoms with Gasteiger partial charge in [-0.05, 0) is 25.3 Å². The van der Waals surface area contributed by atoms with Crippen LogP contribution >= 0.6 is 22.9 Å². The number of rotatable bonds is 4. The van der Waals surface area contributed by atoms with Crippen LogP contribution in [0.2, 0.25) is 5.02 Å². The molecule has 1 atom stereocenters. The minimum atomic E-state index is -0.133. The van der Waals surface area contributed by atoms with Gasteiger partial charge in [0.25, 0.3) is 0 Å². The first-order chi connectivity index (χ1) is 9.04. The largest absolute Gasteiger partial charge is 0.496 e. The van der Waals surface area contributed by atoms with Gasteiger partial charge >= 0.3 is 0 Å². The van der Waals surface area contributed by atoms with Gasteiger partial charge in [-0.25, -0.2) is 0 Å². The van der Waals surface area contributed by atoms with Gasteiger partial charge in [-0.15, -0.1) is 11.3 Å². The highest BCUT2D eigenvalue weighted by Crippen LogP contribution is 2.31. The summed E-state index contributed by atoms with van der Waals surface area (Å²) in [5.41, 5.74) is 9.25. The monoisotopic (exact) mass is 296 g/mol. The van der Waals surface area contributed by atoms with E-state index in [2.05, 4.69) is 4.98 Å². The van der Waals surface area contributed by atoms with Gasteiger partial charge in [0.2, 0.25) is 0 Å². The molecule has 0 aliphatic rings. The lowest BCUT2D eigenvalue weighted by molar-refractivity contribution is 0.406. The number of pyridine rings is 1. The van der Waals surface area contributed by atoms with Crippen molar-refractivity contribution in [3.63, 3.8) is 0 Å². The van der Waals surface area contributed by atoms with Gasteiger partial charge < -0.3 is 10.5 Å². The molecule has 1 unspecified atom stereocenters. The summed E-state index contributed by atoms with van der Waals surface area (Å²) in [5.74, 6) is 0.884. The maximum absolute atomic E-state index is 6.22. The maximum atomic E-state index is 6.22. The van der Waals surface area contributed by atoms with Crippen LogP contribution in [-0.2, 0) is 6.42 Å². The molecule has 2 aromatic rings. The number of hydrogen-bond acceptors (Lipinski definition) is 4. The van der Waals surface area contributed by atoms with Crippen LogP contribution in [0.1, 0.15) is 27.7 Å². The van der Waals surface area contributed by atoms with E-state index in [0.29, 0.717) is 6.42 Å². The van der Waals surface area contributed by atoms with E-state index in [0.717, 1.165) is 32.5 Å². The summed E-state index contributed by atoms with van der Waals surface area (Å²) in [7, 11) is 1.68. The molecule has 0 amide bonds. The number of thiophene rings is 1. The lowest BCUT2D eigenvalue weighted by atomic mass is 10.0. The van der Waals surface area contributed by atoms with Crippen molar-refractivity contribution in [1.82, 2.24) is 4.98 Å². The molecule has 0 radical (unpaired) electrons. The summed E-state index contributed by atoms with van der Waals surface area (Å²) in [4.78, 5) is 5.47. The van der Waals surface area contributed by atoms with Crippen LogP contribution in [-0.4, -0.2) is 12.1 Å².